The minimum absolute atomic E-state index is 0.0305. The molecule has 0 spiro atoms. The molecule has 0 aromatic carbocycles. The molecule has 2 rings (SSSR count). The molecule has 1 N–H and O–H groups in total. The van der Waals surface area contributed by atoms with Crippen LogP contribution in [0.25, 0.3) is 0 Å². The van der Waals surface area contributed by atoms with Crippen molar-refractivity contribution in [2.24, 2.45) is 0 Å². The molecule has 1 fully saturated rings. The maximum atomic E-state index is 12.1. The van der Waals surface area contributed by atoms with Crippen molar-refractivity contribution in [1.82, 2.24) is 15.5 Å². The van der Waals surface area contributed by atoms with Gasteiger partial charge in [0.1, 0.15) is 11.0 Å². The summed E-state index contributed by atoms with van der Waals surface area (Å²) < 4.78 is 28.9. The molecular formula is C11H17N3O4S. The molecule has 1 amide bonds. The normalized spacial score (nSPS) is 17.2. The Morgan fingerprint density at radius 1 is 1.53 bits per heavy atom. The lowest BCUT2D eigenvalue weighted by molar-refractivity contribution is -0.120. The quantitative estimate of drug-likeness (QED) is 0.802. The predicted octanol–water partition coefficient (Wildman–Crippen LogP) is 0.214. The van der Waals surface area contributed by atoms with Crippen LogP contribution < -0.4 is 5.32 Å². The fraction of sp³-hybridized carbons (Fsp3) is 0.727. The van der Waals surface area contributed by atoms with Crippen LogP contribution in [0.2, 0.25) is 0 Å². The molecule has 7 nitrogen and oxygen atoms in total. The summed E-state index contributed by atoms with van der Waals surface area (Å²) in [6.07, 6.45) is 2.41. The van der Waals surface area contributed by atoms with Crippen molar-refractivity contribution in [3.8, 4) is 0 Å². The Bertz CT molecular complexity index is 562. The summed E-state index contributed by atoms with van der Waals surface area (Å²) in [6, 6.07) is 0.139. The van der Waals surface area contributed by atoms with Crippen LogP contribution in [0.3, 0.4) is 0 Å². The zero-order valence-corrected chi connectivity index (χ0v) is 11.7. The van der Waals surface area contributed by atoms with Gasteiger partial charge in [-0.05, 0) is 19.8 Å². The predicted molar refractivity (Wildman–Crippen MR) is 66.9 cm³/mol. The maximum absolute atomic E-state index is 12.1. The fourth-order valence-corrected chi connectivity index (χ4v) is 2.60. The molecule has 1 aromatic rings. The highest BCUT2D eigenvalue weighted by atomic mass is 32.2. The molecule has 1 atom stereocenters. The van der Waals surface area contributed by atoms with E-state index in [1.54, 1.807) is 0 Å². The number of hydrogen-bond acceptors (Lipinski definition) is 6. The minimum Gasteiger partial charge on any atom is -0.352 e. The largest absolute Gasteiger partial charge is 0.352 e. The van der Waals surface area contributed by atoms with Gasteiger partial charge in [-0.3, -0.25) is 4.79 Å². The number of sulfone groups is 1. The fourth-order valence-electron chi connectivity index (χ4n) is 1.50. The molecule has 1 heterocycles. The highest BCUT2D eigenvalue weighted by Gasteiger charge is 2.33. The van der Waals surface area contributed by atoms with Crippen molar-refractivity contribution in [3.05, 3.63) is 11.7 Å². The number of carbonyl (C=O) groups excluding carboxylic acids is 1. The van der Waals surface area contributed by atoms with Gasteiger partial charge < -0.3 is 9.84 Å². The zero-order chi connectivity index (χ0) is 14.0. The second kappa shape index (κ2) is 5.28. The number of rotatable bonds is 6. The first kappa shape index (κ1) is 14.0. The summed E-state index contributed by atoms with van der Waals surface area (Å²) in [4.78, 5) is 15.7. The van der Waals surface area contributed by atoms with Crippen molar-refractivity contribution in [2.45, 2.75) is 50.2 Å². The molecule has 0 bridgehead atoms. The number of hydrogen-bond donors (Lipinski definition) is 1. The third-order valence-corrected chi connectivity index (χ3v) is 4.92. The third kappa shape index (κ3) is 3.52. The van der Waals surface area contributed by atoms with Crippen LogP contribution in [-0.2, 0) is 26.8 Å². The summed E-state index contributed by atoms with van der Waals surface area (Å²) >= 11 is 0. The Hall–Kier alpha value is -1.44. The van der Waals surface area contributed by atoms with Gasteiger partial charge in [0.05, 0.1) is 0 Å². The molecule has 19 heavy (non-hydrogen) atoms. The molecule has 0 unspecified atom stereocenters. The summed E-state index contributed by atoms with van der Waals surface area (Å²) in [7, 11) is -3.63. The Balaban J connectivity index is 2.01. The van der Waals surface area contributed by atoms with E-state index in [9.17, 15) is 13.2 Å². The SMILES string of the molecule is CCc1noc(CS(=O)(=O)[C@@H](C)C(=O)NC2CC2)n1. The van der Waals surface area contributed by atoms with Crippen LogP contribution in [0, 0.1) is 0 Å². The smallest absolute Gasteiger partial charge is 0.241 e. The van der Waals surface area contributed by atoms with Crippen molar-refractivity contribution >= 4 is 15.7 Å². The van der Waals surface area contributed by atoms with Crippen LogP contribution in [-0.4, -0.2) is 35.8 Å². The molecular weight excluding hydrogens is 270 g/mol. The second-order valence-corrected chi connectivity index (χ2v) is 7.01. The lowest BCUT2D eigenvalue weighted by Crippen LogP contribution is -2.39. The first-order valence-electron chi connectivity index (χ1n) is 6.25. The Labute approximate surface area is 111 Å². The highest BCUT2D eigenvalue weighted by Crippen LogP contribution is 2.19. The van der Waals surface area contributed by atoms with Gasteiger partial charge in [0, 0.05) is 12.5 Å². The Kier molecular flexibility index (Phi) is 3.88. The number of aryl methyl sites for hydroxylation is 1. The number of aromatic nitrogens is 2. The second-order valence-electron chi connectivity index (χ2n) is 4.69. The number of nitrogens with one attached hydrogen (secondary N) is 1. The summed E-state index contributed by atoms with van der Waals surface area (Å²) in [5.41, 5.74) is 0. The van der Waals surface area contributed by atoms with Gasteiger partial charge in [-0.15, -0.1) is 0 Å². The van der Waals surface area contributed by atoms with E-state index < -0.39 is 26.7 Å². The van der Waals surface area contributed by atoms with Crippen LogP contribution in [0.4, 0.5) is 0 Å². The molecule has 0 radical (unpaired) electrons. The first-order valence-corrected chi connectivity index (χ1v) is 7.97. The zero-order valence-electron chi connectivity index (χ0n) is 10.9. The first-order chi connectivity index (χ1) is 8.92. The molecule has 1 saturated carbocycles. The highest BCUT2D eigenvalue weighted by molar-refractivity contribution is 7.92. The molecule has 106 valence electrons. The van der Waals surface area contributed by atoms with Crippen molar-refractivity contribution in [1.29, 1.82) is 0 Å². The monoisotopic (exact) mass is 287 g/mol. The van der Waals surface area contributed by atoms with E-state index in [0.29, 0.717) is 12.2 Å². The van der Waals surface area contributed by atoms with Gasteiger partial charge in [-0.2, -0.15) is 4.98 Å². The number of amides is 1. The molecule has 0 saturated heterocycles. The summed E-state index contributed by atoms with van der Waals surface area (Å²) in [5, 5.41) is 5.20. The van der Waals surface area contributed by atoms with Gasteiger partial charge >= 0.3 is 0 Å². The summed E-state index contributed by atoms with van der Waals surface area (Å²) in [5.74, 6) is -0.375. The Morgan fingerprint density at radius 3 is 2.74 bits per heavy atom. The van der Waals surface area contributed by atoms with Crippen molar-refractivity contribution in [3.63, 3.8) is 0 Å². The third-order valence-electron chi connectivity index (χ3n) is 2.98. The van der Waals surface area contributed by atoms with E-state index in [1.165, 1.54) is 6.92 Å². The Morgan fingerprint density at radius 2 is 2.21 bits per heavy atom. The van der Waals surface area contributed by atoms with E-state index in [0.717, 1.165) is 12.8 Å². The van der Waals surface area contributed by atoms with E-state index in [4.69, 9.17) is 4.52 Å². The average Bonchev–Trinajstić information content (AvgIpc) is 3.05. The maximum Gasteiger partial charge on any atom is 0.241 e. The molecule has 1 aliphatic rings. The topological polar surface area (TPSA) is 102 Å². The molecule has 1 aliphatic carbocycles. The lowest BCUT2D eigenvalue weighted by Gasteiger charge is -2.11. The average molecular weight is 287 g/mol. The minimum atomic E-state index is -3.63. The molecule has 8 heteroatoms. The van der Waals surface area contributed by atoms with Gasteiger partial charge in [-0.1, -0.05) is 12.1 Å². The van der Waals surface area contributed by atoms with Crippen molar-refractivity contribution in [2.75, 3.05) is 0 Å². The van der Waals surface area contributed by atoms with E-state index in [-0.39, 0.29) is 11.9 Å². The van der Waals surface area contributed by atoms with Gasteiger partial charge in [0.2, 0.25) is 11.8 Å². The summed E-state index contributed by atoms with van der Waals surface area (Å²) in [6.45, 7) is 3.22. The van der Waals surface area contributed by atoms with Crippen LogP contribution in [0.5, 0.6) is 0 Å². The molecule has 0 aliphatic heterocycles. The standard InChI is InChI=1S/C11H17N3O4S/c1-3-9-13-10(18-14-9)6-19(16,17)7(2)11(15)12-8-4-5-8/h7-8H,3-6H2,1-2H3,(H,12,15)/t7-/m0/s1. The van der Waals surface area contributed by atoms with E-state index >= 15 is 0 Å². The van der Waals surface area contributed by atoms with E-state index in [2.05, 4.69) is 15.5 Å². The van der Waals surface area contributed by atoms with Gasteiger partial charge in [0.15, 0.2) is 15.7 Å². The van der Waals surface area contributed by atoms with Crippen LogP contribution >= 0.6 is 0 Å². The van der Waals surface area contributed by atoms with Gasteiger partial charge in [0.25, 0.3) is 0 Å². The molecule has 1 aromatic heterocycles. The van der Waals surface area contributed by atoms with E-state index in [1.807, 2.05) is 6.92 Å². The number of nitrogens with zero attached hydrogens (tertiary/aromatic N) is 2. The number of carbonyl (C=O) groups is 1. The lowest BCUT2D eigenvalue weighted by atomic mass is 10.4. The van der Waals surface area contributed by atoms with Crippen molar-refractivity contribution < 1.29 is 17.7 Å². The van der Waals surface area contributed by atoms with Crippen LogP contribution in [0.1, 0.15) is 38.4 Å². The van der Waals surface area contributed by atoms with Gasteiger partial charge in [-0.25, -0.2) is 8.42 Å². The van der Waals surface area contributed by atoms with Crippen LogP contribution in [0.15, 0.2) is 4.52 Å².